The molecule has 1 N–H and O–H groups in total. The molecule has 21 heavy (non-hydrogen) atoms. The van der Waals surface area contributed by atoms with Gasteiger partial charge in [0.15, 0.2) is 0 Å². The molecule has 3 rings (SSSR count). The summed E-state index contributed by atoms with van der Waals surface area (Å²) in [7, 11) is 0. The molecule has 0 aliphatic carbocycles. The van der Waals surface area contributed by atoms with Crippen LogP contribution < -0.4 is 0 Å². The number of nitrogens with zero attached hydrogens (tertiary/aromatic N) is 1. The number of rotatable bonds is 2. The summed E-state index contributed by atoms with van der Waals surface area (Å²) in [5.74, 6) is -1.32. The van der Waals surface area contributed by atoms with E-state index in [-0.39, 0.29) is 11.4 Å². The van der Waals surface area contributed by atoms with E-state index in [4.69, 9.17) is 0 Å². The van der Waals surface area contributed by atoms with Gasteiger partial charge in [-0.25, -0.2) is 9.18 Å². The molecule has 0 aliphatic rings. The standard InChI is InChI=1S/C17H12FNO2/c1-10-7-15(17(20)21)14-9-12(5-6-16(14)19-10)11-3-2-4-13(18)8-11/h2-9H,1H3,(H,20,21). The zero-order chi connectivity index (χ0) is 15.0. The third-order valence-electron chi connectivity index (χ3n) is 3.33. The molecule has 4 heteroatoms. The molecule has 0 saturated heterocycles. The summed E-state index contributed by atoms with van der Waals surface area (Å²) in [6.45, 7) is 1.76. The Morgan fingerprint density at radius 3 is 2.57 bits per heavy atom. The molecular formula is C17H12FNO2. The SMILES string of the molecule is Cc1cc(C(=O)O)c2cc(-c3cccc(F)c3)ccc2n1. The van der Waals surface area contributed by atoms with Crippen LogP contribution >= 0.6 is 0 Å². The van der Waals surface area contributed by atoms with Gasteiger partial charge in [0.1, 0.15) is 5.82 Å². The number of hydrogen-bond donors (Lipinski definition) is 1. The number of aryl methyl sites for hydroxylation is 1. The molecule has 0 spiro atoms. The molecule has 0 radical (unpaired) electrons. The summed E-state index contributed by atoms with van der Waals surface area (Å²) in [6.07, 6.45) is 0. The first kappa shape index (κ1) is 13.2. The third-order valence-corrected chi connectivity index (χ3v) is 3.33. The van der Waals surface area contributed by atoms with E-state index in [2.05, 4.69) is 4.98 Å². The Hall–Kier alpha value is -2.75. The molecular weight excluding hydrogens is 269 g/mol. The van der Waals surface area contributed by atoms with Crippen molar-refractivity contribution in [3.05, 3.63) is 65.6 Å². The van der Waals surface area contributed by atoms with Gasteiger partial charge in [-0.05, 0) is 48.4 Å². The van der Waals surface area contributed by atoms with Gasteiger partial charge < -0.3 is 5.11 Å². The number of carboxylic acids is 1. The van der Waals surface area contributed by atoms with Crippen molar-refractivity contribution in [1.82, 2.24) is 4.98 Å². The number of halogens is 1. The molecule has 0 unspecified atom stereocenters. The monoisotopic (exact) mass is 281 g/mol. The maximum atomic E-state index is 13.3. The van der Waals surface area contributed by atoms with E-state index in [0.29, 0.717) is 22.2 Å². The molecule has 0 amide bonds. The third kappa shape index (κ3) is 2.48. The Kier molecular flexibility index (Phi) is 3.14. The second-order valence-corrected chi connectivity index (χ2v) is 4.86. The fourth-order valence-electron chi connectivity index (χ4n) is 2.38. The minimum absolute atomic E-state index is 0.204. The molecule has 2 aromatic carbocycles. The Balaban J connectivity index is 2.26. The molecule has 1 aromatic heterocycles. The number of hydrogen-bond acceptors (Lipinski definition) is 2. The number of carbonyl (C=O) groups is 1. The van der Waals surface area contributed by atoms with E-state index in [1.165, 1.54) is 12.1 Å². The summed E-state index contributed by atoms with van der Waals surface area (Å²) in [5, 5.41) is 9.88. The fraction of sp³-hybridized carbons (Fsp3) is 0.0588. The van der Waals surface area contributed by atoms with E-state index >= 15 is 0 Å². The molecule has 0 saturated carbocycles. The minimum atomic E-state index is -0.998. The number of benzene rings is 2. The van der Waals surface area contributed by atoms with Crippen LogP contribution in [0.15, 0.2) is 48.5 Å². The van der Waals surface area contributed by atoms with E-state index < -0.39 is 5.97 Å². The van der Waals surface area contributed by atoms with Gasteiger partial charge in [0.2, 0.25) is 0 Å². The van der Waals surface area contributed by atoms with Gasteiger partial charge in [-0.3, -0.25) is 4.98 Å². The van der Waals surface area contributed by atoms with Crippen molar-refractivity contribution in [2.45, 2.75) is 6.92 Å². The van der Waals surface area contributed by atoms with Gasteiger partial charge >= 0.3 is 5.97 Å². The van der Waals surface area contributed by atoms with Crippen LogP contribution in [-0.4, -0.2) is 16.1 Å². The van der Waals surface area contributed by atoms with Crippen LogP contribution in [0.5, 0.6) is 0 Å². The van der Waals surface area contributed by atoms with Gasteiger partial charge in [-0.2, -0.15) is 0 Å². The van der Waals surface area contributed by atoms with E-state index in [0.717, 1.165) is 5.56 Å². The predicted molar refractivity (Wildman–Crippen MR) is 78.8 cm³/mol. The van der Waals surface area contributed by atoms with Crippen LogP contribution in [0.2, 0.25) is 0 Å². The summed E-state index contributed by atoms with van der Waals surface area (Å²) in [5.41, 5.74) is 2.94. The maximum Gasteiger partial charge on any atom is 0.336 e. The highest BCUT2D eigenvalue weighted by Crippen LogP contribution is 2.26. The molecule has 3 aromatic rings. The smallest absolute Gasteiger partial charge is 0.336 e. The first-order valence-electron chi connectivity index (χ1n) is 6.45. The summed E-state index contributed by atoms with van der Waals surface area (Å²) < 4.78 is 13.3. The number of carboxylic acid groups (broad SMARTS) is 1. The zero-order valence-electron chi connectivity index (χ0n) is 11.3. The van der Waals surface area contributed by atoms with Crippen molar-refractivity contribution in [2.24, 2.45) is 0 Å². The zero-order valence-corrected chi connectivity index (χ0v) is 11.3. The number of pyridine rings is 1. The average Bonchev–Trinajstić information content (AvgIpc) is 2.45. The summed E-state index contributed by atoms with van der Waals surface area (Å²) in [4.78, 5) is 15.7. The lowest BCUT2D eigenvalue weighted by Gasteiger charge is -2.07. The van der Waals surface area contributed by atoms with Gasteiger partial charge in [0.25, 0.3) is 0 Å². The summed E-state index contributed by atoms with van der Waals surface area (Å²) >= 11 is 0. The molecule has 0 fully saturated rings. The lowest BCUT2D eigenvalue weighted by Crippen LogP contribution is -2.00. The predicted octanol–water partition coefficient (Wildman–Crippen LogP) is 4.05. The fourth-order valence-corrected chi connectivity index (χ4v) is 2.38. The molecule has 1 heterocycles. The van der Waals surface area contributed by atoms with Crippen LogP contribution in [0.4, 0.5) is 4.39 Å². The Morgan fingerprint density at radius 2 is 1.86 bits per heavy atom. The Labute approximate surface area is 120 Å². The van der Waals surface area contributed by atoms with E-state index in [1.54, 1.807) is 37.3 Å². The first-order chi connectivity index (χ1) is 10.0. The molecule has 0 aliphatic heterocycles. The average molecular weight is 281 g/mol. The number of aromatic carboxylic acids is 1. The maximum absolute atomic E-state index is 13.3. The largest absolute Gasteiger partial charge is 0.478 e. The van der Waals surface area contributed by atoms with Gasteiger partial charge in [-0.1, -0.05) is 18.2 Å². The summed E-state index contributed by atoms with van der Waals surface area (Å²) in [6, 6.07) is 13.1. The van der Waals surface area contributed by atoms with Crippen molar-refractivity contribution in [2.75, 3.05) is 0 Å². The topological polar surface area (TPSA) is 50.2 Å². The van der Waals surface area contributed by atoms with E-state index in [1.807, 2.05) is 6.07 Å². The van der Waals surface area contributed by atoms with E-state index in [9.17, 15) is 14.3 Å². The molecule has 3 nitrogen and oxygen atoms in total. The van der Waals surface area contributed by atoms with Crippen molar-refractivity contribution in [3.63, 3.8) is 0 Å². The van der Waals surface area contributed by atoms with Crippen LogP contribution in [0.25, 0.3) is 22.0 Å². The molecule has 0 atom stereocenters. The highest BCUT2D eigenvalue weighted by atomic mass is 19.1. The second kappa shape index (κ2) is 4.98. The van der Waals surface area contributed by atoms with Gasteiger partial charge in [0, 0.05) is 11.1 Å². The number of aromatic nitrogens is 1. The normalized spacial score (nSPS) is 10.8. The lowest BCUT2D eigenvalue weighted by atomic mass is 10.0. The highest BCUT2D eigenvalue weighted by Gasteiger charge is 2.11. The van der Waals surface area contributed by atoms with Gasteiger partial charge in [-0.15, -0.1) is 0 Å². The minimum Gasteiger partial charge on any atom is -0.478 e. The Bertz CT molecular complexity index is 859. The van der Waals surface area contributed by atoms with Crippen LogP contribution in [0.1, 0.15) is 16.1 Å². The van der Waals surface area contributed by atoms with Crippen LogP contribution in [0, 0.1) is 12.7 Å². The Morgan fingerprint density at radius 1 is 1.10 bits per heavy atom. The highest BCUT2D eigenvalue weighted by molar-refractivity contribution is 6.03. The van der Waals surface area contributed by atoms with Crippen LogP contribution in [-0.2, 0) is 0 Å². The molecule has 104 valence electrons. The van der Waals surface area contributed by atoms with Gasteiger partial charge in [0.05, 0.1) is 11.1 Å². The van der Waals surface area contributed by atoms with Crippen molar-refractivity contribution in [1.29, 1.82) is 0 Å². The van der Waals surface area contributed by atoms with Crippen molar-refractivity contribution < 1.29 is 14.3 Å². The molecule has 0 bridgehead atoms. The first-order valence-corrected chi connectivity index (χ1v) is 6.45. The van der Waals surface area contributed by atoms with Crippen molar-refractivity contribution in [3.8, 4) is 11.1 Å². The number of fused-ring (bicyclic) bond motifs is 1. The second-order valence-electron chi connectivity index (χ2n) is 4.86. The van der Waals surface area contributed by atoms with Crippen LogP contribution in [0.3, 0.4) is 0 Å². The lowest BCUT2D eigenvalue weighted by molar-refractivity contribution is 0.0699. The quantitative estimate of drug-likeness (QED) is 0.771. The van der Waals surface area contributed by atoms with Crippen molar-refractivity contribution >= 4 is 16.9 Å².